The summed E-state index contributed by atoms with van der Waals surface area (Å²) < 4.78 is 26.6. The van der Waals surface area contributed by atoms with Gasteiger partial charge in [-0.15, -0.1) is 0 Å². The van der Waals surface area contributed by atoms with Gasteiger partial charge in [0, 0.05) is 19.2 Å². The van der Waals surface area contributed by atoms with Gasteiger partial charge >= 0.3 is 0 Å². The number of nitrogens with two attached hydrogens (primary N) is 2. The summed E-state index contributed by atoms with van der Waals surface area (Å²) in [5.41, 5.74) is 14.2. The molecule has 0 amide bonds. The zero-order valence-corrected chi connectivity index (χ0v) is 9.79. The second kappa shape index (κ2) is 5.25. The normalized spacial score (nSPS) is 10.7. The first-order valence-corrected chi connectivity index (χ1v) is 5.63. The lowest BCUT2D eigenvalue weighted by atomic mass is 9.94. The molecular weight excluding hydrogens is 234 g/mol. The number of hydrogen-bond donors (Lipinski definition) is 2. The fraction of sp³-hybridized carbons (Fsp3) is 0.143. The molecule has 0 aliphatic heterocycles. The Kier molecular flexibility index (Phi) is 3.69. The first-order valence-electron chi connectivity index (χ1n) is 5.63. The van der Waals surface area contributed by atoms with Gasteiger partial charge in [0.25, 0.3) is 0 Å². The lowest BCUT2D eigenvalue weighted by molar-refractivity contribution is 0.584. The van der Waals surface area contributed by atoms with E-state index in [1.807, 2.05) is 18.2 Å². The second-order valence-corrected chi connectivity index (χ2v) is 4.02. The minimum atomic E-state index is -0.611. The largest absolute Gasteiger partial charge is 0.326 e. The molecule has 0 radical (unpaired) electrons. The molecule has 0 aliphatic carbocycles. The van der Waals surface area contributed by atoms with E-state index in [0.29, 0.717) is 18.7 Å². The third kappa shape index (κ3) is 2.39. The molecule has 2 aromatic rings. The highest BCUT2D eigenvalue weighted by atomic mass is 19.1. The van der Waals surface area contributed by atoms with Crippen molar-refractivity contribution in [3.63, 3.8) is 0 Å². The van der Waals surface area contributed by atoms with Crippen molar-refractivity contribution in [2.45, 2.75) is 13.1 Å². The summed E-state index contributed by atoms with van der Waals surface area (Å²) in [4.78, 5) is 0. The van der Waals surface area contributed by atoms with Gasteiger partial charge in [-0.2, -0.15) is 0 Å². The highest BCUT2D eigenvalue weighted by molar-refractivity contribution is 5.71. The quantitative estimate of drug-likeness (QED) is 0.877. The van der Waals surface area contributed by atoms with Crippen molar-refractivity contribution in [2.24, 2.45) is 11.5 Å². The van der Waals surface area contributed by atoms with Crippen molar-refractivity contribution < 1.29 is 8.78 Å². The van der Waals surface area contributed by atoms with Crippen molar-refractivity contribution in [2.75, 3.05) is 0 Å². The third-order valence-corrected chi connectivity index (χ3v) is 2.83. The standard InChI is InChI=1S/C14H14F2N2/c15-12-4-11(5-13(16)6-12)14-9(7-17)2-1-3-10(14)8-18/h1-6H,7-8,17-18H2. The third-order valence-electron chi connectivity index (χ3n) is 2.83. The minimum Gasteiger partial charge on any atom is -0.326 e. The Labute approximate surface area is 104 Å². The van der Waals surface area contributed by atoms with Crippen LogP contribution >= 0.6 is 0 Å². The van der Waals surface area contributed by atoms with Crippen LogP contribution < -0.4 is 11.5 Å². The predicted molar refractivity (Wildman–Crippen MR) is 67.6 cm³/mol. The van der Waals surface area contributed by atoms with Gasteiger partial charge < -0.3 is 11.5 Å². The van der Waals surface area contributed by atoms with Crippen LogP contribution in [0.4, 0.5) is 8.78 Å². The van der Waals surface area contributed by atoms with Gasteiger partial charge in [0.15, 0.2) is 0 Å². The Morgan fingerprint density at radius 2 is 1.33 bits per heavy atom. The molecule has 18 heavy (non-hydrogen) atoms. The summed E-state index contributed by atoms with van der Waals surface area (Å²) in [6.07, 6.45) is 0. The molecule has 2 rings (SSSR count). The van der Waals surface area contributed by atoms with Crippen LogP contribution in [0, 0.1) is 11.6 Å². The summed E-state index contributed by atoms with van der Waals surface area (Å²) in [5.74, 6) is -1.22. The molecule has 2 nitrogen and oxygen atoms in total. The van der Waals surface area contributed by atoms with E-state index in [1.165, 1.54) is 12.1 Å². The van der Waals surface area contributed by atoms with Gasteiger partial charge in [0.2, 0.25) is 0 Å². The molecule has 0 aliphatic rings. The van der Waals surface area contributed by atoms with Crippen molar-refractivity contribution in [1.82, 2.24) is 0 Å². The Bertz CT molecular complexity index is 525. The van der Waals surface area contributed by atoms with E-state index < -0.39 is 11.6 Å². The van der Waals surface area contributed by atoms with Gasteiger partial charge in [-0.25, -0.2) is 8.78 Å². The topological polar surface area (TPSA) is 52.0 Å². The van der Waals surface area contributed by atoms with E-state index in [9.17, 15) is 8.78 Å². The van der Waals surface area contributed by atoms with Crippen LogP contribution in [0.5, 0.6) is 0 Å². The number of benzene rings is 2. The van der Waals surface area contributed by atoms with E-state index >= 15 is 0 Å². The Hall–Kier alpha value is -1.78. The Balaban J connectivity index is 2.68. The molecule has 0 fully saturated rings. The zero-order chi connectivity index (χ0) is 13.1. The molecule has 0 saturated carbocycles. The lowest BCUT2D eigenvalue weighted by Crippen LogP contribution is -2.05. The molecule has 0 aromatic heterocycles. The highest BCUT2D eigenvalue weighted by Crippen LogP contribution is 2.29. The van der Waals surface area contributed by atoms with Gasteiger partial charge in [0.05, 0.1) is 0 Å². The molecule has 0 heterocycles. The molecule has 94 valence electrons. The van der Waals surface area contributed by atoms with Crippen LogP contribution in [0.1, 0.15) is 11.1 Å². The average molecular weight is 248 g/mol. The van der Waals surface area contributed by atoms with E-state index in [-0.39, 0.29) is 0 Å². The second-order valence-electron chi connectivity index (χ2n) is 4.02. The van der Waals surface area contributed by atoms with Crippen LogP contribution in [0.25, 0.3) is 11.1 Å². The van der Waals surface area contributed by atoms with Crippen LogP contribution in [-0.2, 0) is 13.1 Å². The number of rotatable bonds is 3. The SMILES string of the molecule is NCc1cccc(CN)c1-c1cc(F)cc(F)c1. The smallest absolute Gasteiger partial charge is 0.126 e. The lowest BCUT2D eigenvalue weighted by Gasteiger charge is -2.13. The highest BCUT2D eigenvalue weighted by Gasteiger charge is 2.11. The number of hydrogen-bond acceptors (Lipinski definition) is 2. The van der Waals surface area contributed by atoms with Crippen LogP contribution in [0.15, 0.2) is 36.4 Å². The van der Waals surface area contributed by atoms with E-state index in [4.69, 9.17) is 11.5 Å². The number of halogens is 2. The summed E-state index contributed by atoms with van der Waals surface area (Å²) in [5, 5.41) is 0. The summed E-state index contributed by atoms with van der Waals surface area (Å²) in [6.45, 7) is 0.586. The van der Waals surface area contributed by atoms with Crippen molar-refractivity contribution in [1.29, 1.82) is 0 Å². The maximum Gasteiger partial charge on any atom is 0.126 e. The monoisotopic (exact) mass is 248 g/mol. The molecule has 0 atom stereocenters. The van der Waals surface area contributed by atoms with Gasteiger partial charge in [-0.05, 0) is 34.4 Å². The molecule has 4 N–H and O–H groups in total. The van der Waals surface area contributed by atoms with Crippen LogP contribution in [-0.4, -0.2) is 0 Å². The molecule has 4 heteroatoms. The van der Waals surface area contributed by atoms with Crippen molar-refractivity contribution >= 4 is 0 Å². The summed E-state index contributed by atoms with van der Waals surface area (Å²) in [6, 6.07) is 8.92. The van der Waals surface area contributed by atoms with Gasteiger partial charge in [0.1, 0.15) is 11.6 Å². The molecule has 0 saturated heterocycles. The summed E-state index contributed by atoms with van der Waals surface area (Å²) in [7, 11) is 0. The average Bonchev–Trinajstić information content (AvgIpc) is 2.36. The van der Waals surface area contributed by atoms with Crippen LogP contribution in [0.3, 0.4) is 0 Å². The van der Waals surface area contributed by atoms with E-state index in [1.54, 1.807) is 0 Å². The zero-order valence-electron chi connectivity index (χ0n) is 9.79. The fourth-order valence-corrected chi connectivity index (χ4v) is 2.06. The Morgan fingerprint density at radius 3 is 1.78 bits per heavy atom. The molecule has 0 unspecified atom stereocenters. The van der Waals surface area contributed by atoms with Gasteiger partial charge in [-0.1, -0.05) is 18.2 Å². The first-order chi connectivity index (χ1) is 8.65. The molecule has 0 spiro atoms. The maximum absolute atomic E-state index is 13.3. The molecule has 2 aromatic carbocycles. The van der Waals surface area contributed by atoms with Crippen molar-refractivity contribution in [3.8, 4) is 11.1 Å². The predicted octanol–water partition coefficient (Wildman–Crippen LogP) is 2.55. The van der Waals surface area contributed by atoms with E-state index in [0.717, 1.165) is 22.8 Å². The maximum atomic E-state index is 13.3. The fourth-order valence-electron chi connectivity index (χ4n) is 2.06. The Morgan fingerprint density at radius 1 is 0.833 bits per heavy atom. The molecule has 0 bridgehead atoms. The van der Waals surface area contributed by atoms with Gasteiger partial charge in [-0.3, -0.25) is 0 Å². The van der Waals surface area contributed by atoms with Crippen molar-refractivity contribution in [3.05, 3.63) is 59.2 Å². The van der Waals surface area contributed by atoms with E-state index in [2.05, 4.69) is 0 Å². The van der Waals surface area contributed by atoms with Crippen LogP contribution in [0.2, 0.25) is 0 Å². The minimum absolute atomic E-state index is 0.293. The molecular formula is C14H14F2N2. The summed E-state index contributed by atoms with van der Waals surface area (Å²) >= 11 is 0. The first kappa shape index (κ1) is 12.7.